The maximum absolute atomic E-state index is 12.5. The van der Waals surface area contributed by atoms with E-state index in [2.05, 4.69) is 15.0 Å². The van der Waals surface area contributed by atoms with Gasteiger partial charge >= 0.3 is 5.97 Å². The van der Waals surface area contributed by atoms with Crippen molar-refractivity contribution in [2.24, 2.45) is 0 Å². The zero-order valence-electron chi connectivity index (χ0n) is 15.9. The van der Waals surface area contributed by atoms with Crippen LogP contribution in [-0.4, -0.2) is 60.5 Å². The summed E-state index contributed by atoms with van der Waals surface area (Å²) in [5.74, 6) is 0.185. The van der Waals surface area contributed by atoms with Crippen molar-refractivity contribution in [3.63, 3.8) is 0 Å². The summed E-state index contributed by atoms with van der Waals surface area (Å²) < 4.78 is 15.7. The molecule has 1 aromatic carbocycles. The van der Waals surface area contributed by atoms with Gasteiger partial charge in [-0.05, 0) is 30.3 Å². The molecule has 1 fully saturated rings. The minimum absolute atomic E-state index is 0.201. The fourth-order valence-electron chi connectivity index (χ4n) is 2.82. The monoisotopic (exact) mass is 399 g/mol. The SMILES string of the molecule is COC(=O)CC1C(=O)NCCN1C(=O)COc1ccc(Oc2ccccn2)cc1. The smallest absolute Gasteiger partial charge is 0.308 e. The number of nitrogens with one attached hydrogen (secondary N) is 1. The highest BCUT2D eigenvalue weighted by atomic mass is 16.5. The molecule has 0 aliphatic carbocycles. The van der Waals surface area contributed by atoms with Gasteiger partial charge in [0, 0.05) is 25.4 Å². The first-order valence-electron chi connectivity index (χ1n) is 9.02. The standard InChI is InChI=1S/C20H21N3O6/c1-27-19(25)12-16-20(26)22-10-11-23(16)18(24)13-28-14-5-7-15(8-6-14)29-17-4-2-3-9-21-17/h2-9,16H,10-13H2,1H3,(H,22,26). The van der Waals surface area contributed by atoms with Gasteiger partial charge in [-0.15, -0.1) is 0 Å². The van der Waals surface area contributed by atoms with Gasteiger partial charge < -0.3 is 24.4 Å². The van der Waals surface area contributed by atoms with Crippen molar-refractivity contribution in [3.8, 4) is 17.4 Å². The van der Waals surface area contributed by atoms with E-state index in [1.807, 2.05) is 6.07 Å². The van der Waals surface area contributed by atoms with E-state index in [1.165, 1.54) is 12.0 Å². The van der Waals surface area contributed by atoms with Crippen molar-refractivity contribution >= 4 is 17.8 Å². The third kappa shape index (κ3) is 5.44. The first-order chi connectivity index (χ1) is 14.1. The fraction of sp³-hybridized carbons (Fsp3) is 0.300. The van der Waals surface area contributed by atoms with Gasteiger partial charge in [0.2, 0.25) is 11.8 Å². The molecular weight excluding hydrogens is 378 g/mol. The Labute approximate surface area is 167 Å². The lowest BCUT2D eigenvalue weighted by Gasteiger charge is -2.34. The van der Waals surface area contributed by atoms with Crippen LogP contribution in [0.5, 0.6) is 17.4 Å². The molecule has 1 saturated heterocycles. The summed E-state index contributed by atoms with van der Waals surface area (Å²) in [5, 5.41) is 2.65. The number of piperazine rings is 1. The summed E-state index contributed by atoms with van der Waals surface area (Å²) in [6.45, 7) is 0.361. The predicted molar refractivity (Wildman–Crippen MR) is 101 cm³/mol. The molecule has 1 unspecified atom stereocenters. The lowest BCUT2D eigenvalue weighted by molar-refractivity contribution is -0.151. The molecule has 1 aliphatic rings. The number of benzene rings is 1. The third-order valence-electron chi connectivity index (χ3n) is 4.29. The average Bonchev–Trinajstić information content (AvgIpc) is 2.75. The van der Waals surface area contributed by atoms with E-state index in [0.29, 0.717) is 30.5 Å². The zero-order valence-corrected chi connectivity index (χ0v) is 15.9. The maximum Gasteiger partial charge on any atom is 0.308 e. The second kappa shape index (κ2) is 9.54. The number of ether oxygens (including phenoxy) is 3. The summed E-state index contributed by atoms with van der Waals surface area (Å²) in [5.41, 5.74) is 0. The minimum Gasteiger partial charge on any atom is -0.484 e. The Balaban J connectivity index is 1.56. The van der Waals surface area contributed by atoms with E-state index in [-0.39, 0.29) is 24.8 Å². The zero-order chi connectivity index (χ0) is 20.6. The predicted octanol–water partition coefficient (Wildman–Crippen LogP) is 1.14. The van der Waals surface area contributed by atoms with E-state index >= 15 is 0 Å². The molecule has 0 saturated carbocycles. The molecule has 0 spiro atoms. The summed E-state index contributed by atoms with van der Waals surface area (Å²) in [6.07, 6.45) is 1.43. The van der Waals surface area contributed by atoms with Gasteiger partial charge in [-0.2, -0.15) is 0 Å². The van der Waals surface area contributed by atoms with Crippen LogP contribution < -0.4 is 14.8 Å². The van der Waals surface area contributed by atoms with Crippen molar-refractivity contribution in [1.82, 2.24) is 15.2 Å². The van der Waals surface area contributed by atoms with Crippen molar-refractivity contribution in [2.75, 3.05) is 26.8 Å². The number of hydrogen-bond acceptors (Lipinski definition) is 7. The molecule has 2 aromatic rings. The number of esters is 1. The number of methoxy groups -OCH3 is 1. The summed E-state index contributed by atoms with van der Waals surface area (Å²) in [6, 6.07) is 11.2. The first-order valence-corrected chi connectivity index (χ1v) is 9.02. The summed E-state index contributed by atoms with van der Waals surface area (Å²) in [7, 11) is 1.24. The molecule has 1 aliphatic heterocycles. The van der Waals surface area contributed by atoms with E-state index < -0.39 is 12.0 Å². The Morgan fingerprint density at radius 2 is 1.93 bits per heavy atom. The molecule has 1 aromatic heterocycles. The number of amides is 2. The Bertz CT molecular complexity index is 856. The molecule has 3 rings (SSSR count). The second-order valence-corrected chi connectivity index (χ2v) is 6.20. The van der Waals surface area contributed by atoms with E-state index in [1.54, 1.807) is 42.6 Å². The number of nitrogens with zero attached hydrogens (tertiary/aromatic N) is 2. The van der Waals surface area contributed by atoms with Crippen molar-refractivity contribution in [3.05, 3.63) is 48.7 Å². The highest BCUT2D eigenvalue weighted by molar-refractivity contribution is 5.92. The molecular formula is C20H21N3O6. The van der Waals surface area contributed by atoms with Crippen LogP contribution in [0, 0.1) is 0 Å². The molecule has 1 N–H and O–H groups in total. The minimum atomic E-state index is -0.901. The van der Waals surface area contributed by atoms with Crippen molar-refractivity contribution < 1.29 is 28.6 Å². The van der Waals surface area contributed by atoms with Crippen LogP contribution in [0.25, 0.3) is 0 Å². The van der Waals surface area contributed by atoms with Gasteiger partial charge in [-0.3, -0.25) is 14.4 Å². The average molecular weight is 399 g/mol. The van der Waals surface area contributed by atoms with E-state index in [0.717, 1.165) is 0 Å². The topological polar surface area (TPSA) is 107 Å². The molecule has 1 atom stereocenters. The molecule has 2 amide bonds. The third-order valence-corrected chi connectivity index (χ3v) is 4.29. The van der Waals surface area contributed by atoms with E-state index in [9.17, 15) is 14.4 Å². The van der Waals surface area contributed by atoms with Crippen LogP contribution in [0.2, 0.25) is 0 Å². The van der Waals surface area contributed by atoms with Gasteiger partial charge in [0.1, 0.15) is 17.5 Å². The molecule has 9 heteroatoms. The number of rotatable bonds is 7. The Kier molecular flexibility index (Phi) is 6.62. The molecule has 0 radical (unpaired) electrons. The fourth-order valence-corrected chi connectivity index (χ4v) is 2.82. The van der Waals surface area contributed by atoms with Crippen LogP contribution in [0.3, 0.4) is 0 Å². The lowest BCUT2D eigenvalue weighted by atomic mass is 10.1. The van der Waals surface area contributed by atoms with Crippen LogP contribution in [0.15, 0.2) is 48.7 Å². The number of carbonyl (C=O) groups excluding carboxylic acids is 3. The summed E-state index contributed by atoms with van der Waals surface area (Å²) >= 11 is 0. The highest BCUT2D eigenvalue weighted by Gasteiger charge is 2.35. The van der Waals surface area contributed by atoms with Crippen LogP contribution >= 0.6 is 0 Å². The van der Waals surface area contributed by atoms with Gasteiger partial charge in [-0.25, -0.2) is 4.98 Å². The number of pyridine rings is 1. The Morgan fingerprint density at radius 1 is 1.17 bits per heavy atom. The molecule has 2 heterocycles. The van der Waals surface area contributed by atoms with Crippen LogP contribution in [0.1, 0.15) is 6.42 Å². The van der Waals surface area contributed by atoms with Crippen molar-refractivity contribution in [2.45, 2.75) is 12.5 Å². The first kappa shape index (κ1) is 20.1. The highest BCUT2D eigenvalue weighted by Crippen LogP contribution is 2.22. The normalized spacial score (nSPS) is 16.0. The number of carbonyl (C=O) groups is 3. The Hall–Kier alpha value is -3.62. The second-order valence-electron chi connectivity index (χ2n) is 6.20. The van der Waals surface area contributed by atoms with Crippen LogP contribution in [-0.2, 0) is 19.1 Å². The molecule has 152 valence electrons. The largest absolute Gasteiger partial charge is 0.484 e. The number of hydrogen-bond donors (Lipinski definition) is 1. The van der Waals surface area contributed by atoms with Gasteiger partial charge in [0.05, 0.1) is 13.5 Å². The molecule has 9 nitrogen and oxygen atoms in total. The van der Waals surface area contributed by atoms with Gasteiger partial charge in [0.25, 0.3) is 5.91 Å². The molecule has 0 bridgehead atoms. The van der Waals surface area contributed by atoms with Crippen LogP contribution in [0.4, 0.5) is 0 Å². The lowest BCUT2D eigenvalue weighted by Crippen LogP contribution is -2.58. The Morgan fingerprint density at radius 3 is 2.62 bits per heavy atom. The quantitative estimate of drug-likeness (QED) is 0.696. The number of aromatic nitrogens is 1. The van der Waals surface area contributed by atoms with Gasteiger partial charge in [0.15, 0.2) is 6.61 Å². The van der Waals surface area contributed by atoms with Crippen molar-refractivity contribution in [1.29, 1.82) is 0 Å². The summed E-state index contributed by atoms with van der Waals surface area (Å²) in [4.78, 5) is 41.6. The molecule has 29 heavy (non-hydrogen) atoms. The van der Waals surface area contributed by atoms with E-state index in [4.69, 9.17) is 9.47 Å². The maximum atomic E-state index is 12.5. The van der Waals surface area contributed by atoms with Gasteiger partial charge in [-0.1, -0.05) is 6.07 Å².